The number of benzene rings is 1. The lowest BCUT2D eigenvalue weighted by Gasteiger charge is -2.12. The van der Waals surface area contributed by atoms with Crippen LogP contribution in [0.2, 0.25) is 0 Å². The van der Waals surface area contributed by atoms with E-state index in [9.17, 15) is 18.0 Å². The summed E-state index contributed by atoms with van der Waals surface area (Å²) in [5.41, 5.74) is 0.787. The predicted molar refractivity (Wildman–Crippen MR) is 104 cm³/mol. The van der Waals surface area contributed by atoms with Crippen molar-refractivity contribution in [3.05, 3.63) is 45.9 Å². The molecule has 10 heteroatoms. The van der Waals surface area contributed by atoms with Gasteiger partial charge in [0.1, 0.15) is 5.01 Å². The Labute approximate surface area is 165 Å². The van der Waals surface area contributed by atoms with Crippen LogP contribution in [0.15, 0.2) is 34.6 Å². The van der Waals surface area contributed by atoms with Crippen molar-refractivity contribution in [3.63, 3.8) is 0 Å². The fraction of sp³-hybridized carbons (Fsp3) is 0.389. The lowest BCUT2D eigenvalue weighted by molar-refractivity contribution is -0.140. The summed E-state index contributed by atoms with van der Waals surface area (Å²) in [6.07, 6.45) is -4.44. The smallest absolute Gasteiger partial charge is 0.352 e. The number of carbonyl (C=O) groups excluding carboxylic acids is 1. The summed E-state index contributed by atoms with van der Waals surface area (Å²) in [5, 5.41) is 10.1. The molecule has 152 valence electrons. The largest absolute Gasteiger partial charge is 0.434 e. The fourth-order valence-electron chi connectivity index (χ4n) is 2.08. The summed E-state index contributed by atoms with van der Waals surface area (Å²) in [6.45, 7) is 4.24. The molecule has 0 aliphatic heterocycles. The monoisotopic (exact) mass is 413 g/mol. The van der Waals surface area contributed by atoms with Crippen molar-refractivity contribution in [2.24, 2.45) is 10.9 Å². The van der Waals surface area contributed by atoms with Crippen molar-refractivity contribution in [1.29, 1.82) is 0 Å². The number of aromatic nitrogens is 1. The van der Waals surface area contributed by atoms with Gasteiger partial charge in [0, 0.05) is 30.6 Å². The lowest BCUT2D eigenvalue weighted by Crippen LogP contribution is -2.36. The maximum Gasteiger partial charge on any atom is 0.434 e. The number of anilines is 1. The third-order valence-electron chi connectivity index (χ3n) is 3.68. The number of rotatable bonds is 6. The number of aliphatic imine (C=N–C) groups is 1. The highest BCUT2D eigenvalue weighted by Gasteiger charge is 2.33. The van der Waals surface area contributed by atoms with Crippen molar-refractivity contribution in [3.8, 4) is 0 Å². The molecule has 0 aliphatic carbocycles. The van der Waals surface area contributed by atoms with Gasteiger partial charge in [-0.25, -0.2) is 4.98 Å². The van der Waals surface area contributed by atoms with Crippen LogP contribution in [0.25, 0.3) is 0 Å². The standard InChI is InChI=1S/C18H22F3N5OS/c1-11(2)16(27)25-13-6-4-12(5-7-13)8-23-17(22-3)24-9-15-26-14(10-28-15)18(19,20)21/h4-7,10-11H,8-9H2,1-3H3,(H,25,27)(H2,22,23,24). The lowest BCUT2D eigenvalue weighted by atomic mass is 10.1. The molecule has 0 fully saturated rings. The highest BCUT2D eigenvalue weighted by molar-refractivity contribution is 7.09. The summed E-state index contributed by atoms with van der Waals surface area (Å²) in [6, 6.07) is 7.35. The number of hydrogen-bond donors (Lipinski definition) is 3. The molecule has 1 aromatic carbocycles. The Kier molecular flexibility index (Phi) is 7.38. The molecule has 6 nitrogen and oxygen atoms in total. The van der Waals surface area contributed by atoms with Gasteiger partial charge in [0.15, 0.2) is 11.7 Å². The van der Waals surface area contributed by atoms with Crippen molar-refractivity contribution < 1.29 is 18.0 Å². The van der Waals surface area contributed by atoms with Gasteiger partial charge in [-0.2, -0.15) is 13.2 Å². The molecule has 0 atom stereocenters. The zero-order valence-corrected chi connectivity index (χ0v) is 16.5. The quantitative estimate of drug-likeness (QED) is 0.499. The Balaban J connectivity index is 1.83. The number of nitrogens with zero attached hydrogens (tertiary/aromatic N) is 2. The summed E-state index contributed by atoms with van der Waals surface area (Å²) >= 11 is 0.941. The first-order valence-corrected chi connectivity index (χ1v) is 9.43. The van der Waals surface area contributed by atoms with Crippen molar-refractivity contribution >= 4 is 28.9 Å². The third kappa shape index (κ3) is 6.52. The van der Waals surface area contributed by atoms with E-state index in [1.165, 1.54) is 0 Å². The summed E-state index contributed by atoms with van der Waals surface area (Å²) < 4.78 is 37.7. The first-order valence-electron chi connectivity index (χ1n) is 8.55. The average molecular weight is 413 g/mol. The van der Waals surface area contributed by atoms with Crippen LogP contribution < -0.4 is 16.0 Å². The predicted octanol–water partition coefficient (Wildman–Crippen LogP) is 3.62. The van der Waals surface area contributed by atoms with Crippen molar-refractivity contribution in [2.75, 3.05) is 12.4 Å². The molecule has 1 heterocycles. The van der Waals surface area contributed by atoms with Gasteiger partial charge in [-0.05, 0) is 17.7 Å². The number of alkyl halides is 3. The van der Waals surface area contributed by atoms with Crippen LogP contribution >= 0.6 is 11.3 Å². The maximum atomic E-state index is 12.6. The normalized spacial score (nSPS) is 12.2. The van der Waals surface area contributed by atoms with E-state index in [0.717, 1.165) is 22.3 Å². The minimum absolute atomic E-state index is 0.0497. The van der Waals surface area contributed by atoms with E-state index in [-0.39, 0.29) is 18.4 Å². The number of carbonyl (C=O) groups is 1. The molecule has 0 saturated heterocycles. The van der Waals surface area contributed by atoms with Gasteiger partial charge in [0.25, 0.3) is 0 Å². The van der Waals surface area contributed by atoms with Crippen molar-refractivity contribution in [2.45, 2.75) is 33.1 Å². The zero-order valence-electron chi connectivity index (χ0n) is 15.7. The Morgan fingerprint density at radius 3 is 2.36 bits per heavy atom. The van der Waals surface area contributed by atoms with Gasteiger partial charge in [-0.3, -0.25) is 9.79 Å². The van der Waals surface area contributed by atoms with Gasteiger partial charge >= 0.3 is 6.18 Å². The second kappa shape index (κ2) is 9.54. The van der Waals surface area contributed by atoms with Crippen LogP contribution in [0.4, 0.5) is 18.9 Å². The van der Waals surface area contributed by atoms with Crippen LogP contribution in [0, 0.1) is 5.92 Å². The van der Waals surface area contributed by atoms with Gasteiger partial charge in [0.2, 0.25) is 5.91 Å². The Morgan fingerprint density at radius 2 is 1.82 bits per heavy atom. The van der Waals surface area contributed by atoms with E-state index in [4.69, 9.17) is 0 Å². The van der Waals surface area contributed by atoms with E-state index >= 15 is 0 Å². The molecule has 0 unspecified atom stereocenters. The zero-order chi connectivity index (χ0) is 20.7. The van der Waals surface area contributed by atoms with Gasteiger partial charge < -0.3 is 16.0 Å². The second-order valence-corrected chi connectivity index (χ2v) is 7.19. The average Bonchev–Trinajstić information content (AvgIpc) is 3.12. The topological polar surface area (TPSA) is 78.4 Å². The molecule has 2 rings (SSSR count). The minimum atomic E-state index is -4.44. The van der Waals surface area contributed by atoms with Crippen LogP contribution in [-0.2, 0) is 24.1 Å². The molecule has 28 heavy (non-hydrogen) atoms. The summed E-state index contributed by atoms with van der Waals surface area (Å²) in [4.78, 5) is 19.3. The third-order valence-corrected chi connectivity index (χ3v) is 4.53. The first-order chi connectivity index (χ1) is 13.2. The molecular weight excluding hydrogens is 391 g/mol. The number of amides is 1. The van der Waals surface area contributed by atoms with Crippen LogP contribution in [0.3, 0.4) is 0 Å². The highest BCUT2D eigenvalue weighted by atomic mass is 32.1. The second-order valence-electron chi connectivity index (χ2n) is 6.24. The number of hydrogen-bond acceptors (Lipinski definition) is 4. The summed E-state index contributed by atoms with van der Waals surface area (Å²) in [5.74, 6) is 0.299. The molecule has 3 N–H and O–H groups in total. The Morgan fingerprint density at radius 1 is 1.18 bits per heavy atom. The molecular formula is C18H22F3N5OS. The van der Waals surface area contributed by atoms with Crippen LogP contribution in [0.1, 0.15) is 30.1 Å². The molecule has 1 amide bonds. The minimum Gasteiger partial charge on any atom is -0.352 e. The van der Waals surface area contributed by atoms with Crippen LogP contribution in [-0.4, -0.2) is 23.9 Å². The van der Waals surface area contributed by atoms with Gasteiger partial charge in [0.05, 0.1) is 6.54 Å². The number of thiazole rings is 1. The first kappa shape index (κ1) is 21.7. The molecule has 1 aromatic heterocycles. The van der Waals surface area contributed by atoms with E-state index in [2.05, 4.69) is 25.9 Å². The highest BCUT2D eigenvalue weighted by Crippen LogP contribution is 2.29. The van der Waals surface area contributed by atoms with E-state index in [0.29, 0.717) is 23.2 Å². The summed E-state index contributed by atoms with van der Waals surface area (Å²) in [7, 11) is 1.57. The Hall–Kier alpha value is -2.62. The van der Waals surface area contributed by atoms with E-state index < -0.39 is 11.9 Å². The molecule has 0 spiro atoms. The molecule has 0 bridgehead atoms. The van der Waals surface area contributed by atoms with Crippen LogP contribution in [0.5, 0.6) is 0 Å². The van der Waals surface area contributed by atoms with E-state index in [1.54, 1.807) is 7.05 Å². The van der Waals surface area contributed by atoms with Gasteiger partial charge in [-0.1, -0.05) is 26.0 Å². The van der Waals surface area contributed by atoms with Gasteiger partial charge in [-0.15, -0.1) is 11.3 Å². The number of halogens is 3. The van der Waals surface area contributed by atoms with E-state index in [1.807, 2.05) is 38.1 Å². The molecule has 0 radical (unpaired) electrons. The molecule has 2 aromatic rings. The maximum absolute atomic E-state index is 12.6. The van der Waals surface area contributed by atoms with Crippen molar-refractivity contribution in [1.82, 2.24) is 15.6 Å². The Bertz CT molecular complexity index is 815. The number of nitrogens with one attached hydrogen (secondary N) is 3. The molecule has 0 saturated carbocycles. The fourth-order valence-corrected chi connectivity index (χ4v) is 2.82. The SMILES string of the molecule is CN=C(NCc1ccc(NC(=O)C(C)C)cc1)NCc1nc(C(F)(F)F)cs1. The number of guanidine groups is 1. The molecule has 0 aliphatic rings.